The van der Waals surface area contributed by atoms with Gasteiger partial charge in [0, 0.05) is 20.6 Å². The standard InChI is InChI=1S/C27H26BrClN2O5S/c1-5-7-19-23(26(33)36-6-2)24(18-14-17(29)9-11-21(18)35-4)31-25(32)22(37-27(31)30-19)13-15-12-16(28)8-10-20(15)34-3/h8-14,24H,5-7H2,1-4H3/b22-13+/t24-/m1/s1. The molecular weight excluding hydrogens is 580 g/mol. The first-order valence-electron chi connectivity index (χ1n) is 11.7. The van der Waals surface area contributed by atoms with Gasteiger partial charge in [-0.3, -0.25) is 9.36 Å². The zero-order chi connectivity index (χ0) is 26.7. The summed E-state index contributed by atoms with van der Waals surface area (Å²) in [7, 11) is 3.12. The highest BCUT2D eigenvalue weighted by atomic mass is 79.9. The number of hydrogen-bond donors (Lipinski definition) is 0. The van der Waals surface area contributed by atoms with Gasteiger partial charge in [-0.15, -0.1) is 0 Å². The van der Waals surface area contributed by atoms with Crippen LogP contribution in [0.15, 0.2) is 61.9 Å². The number of ether oxygens (including phenoxy) is 3. The Hall–Kier alpha value is -2.88. The Labute approximate surface area is 231 Å². The topological polar surface area (TPSA) is 79.1 Å². The van der Waals surface area contributed by atoms with E-state index in [1.165, 1.54) is 23.0 Å². The Balaban J connectivity index is 2.07. The summed E-state index contributed by atoms with van der Waals surface area (Å²) >= 11 is 11.1. The van der Waals surface area contributed by atoms with Crippen LogP contribution in [-0.2, 0) is 9.53 Å². The van der Waals surface area contributed by atoms with Crippen molar-refractivity contribution < 1.29 is 19.0 Å². The van der Waals surface area contributed by atoms with Gasteiger partial charge in [0.2, 0.25) is 0 Å². The Morgan fingerprint density at radius 1 is 1.16 bits per heavy atom. The number of nitrogens with zero attached hydrogens (tertiary/aromatic N) is 2. The van der Waals surface area contributed by atoms with Gasteiger partial charge in [-0.2, -0.15) is 0 Å². The lowest BCUT2D eigenvalue weighted by Crippen LogP contribution is -2.40. The molecule has 10 heteroatoms. The van der Waals surface area contributed by atoms with Gasteiger partial charge in [0.15, 0.2) is 4.80 Å². The third-order valence-electron chi connectivity index (χ3n) is 5.86. The predicted octanol–water partition coefficient (Wildman–Crippen LogP) is 5.01. The molecule has 1 aromatic heterocycles. The minimum atomic E-state index is -0.822. The molecule has 0 aliphatic carbocycles. The van der Waals surface area contributed by atoms with Crippen LogP contribution in [0, 0.1) is 0 Å². The van der Waals surface area contributed by atoms with E-state index in [9.17, 15) is 9.59 Å². The van der Waals surface area contributed by atoms with Crippen LogP contribution < -0.4 is 24.4 Å². The first kappa shape index (κ1) is 27.2. The summed E-state index contributed by atoms with van der Waals surface area (Å²) < 4.78 is 19.4. The highest BCUT2D eigenvalue weighted by Crippen LogP contribution is 2.38. The number of aromatic nitrogens is 1. The maximum Gasteiger partial charge on any atom is 0.338 e. The van der Waals surface area contributed by atoms with E-state index in [1.54, 1.807) is 38.3 Å². The largest absolute Gasteiger partial charge is 0.496 e. The minimum absolute atomic E-state index is 0.189. The molecule has 2 heterocycles. The van der Waals surface area contributed by atoms with Crippen molar-refractivity contribution >= 4 is 50.9 Å². The highest BCUT2D eigenvalue weighted by Gasteiger charge is 2.36. The molecule has 4 rings (SSSR count). The second-order valence-corrected chi connectivity index (χ2v) is 10.5. The lowest BCUT2D eigenvalue weighted by Gasteiger charge is -2.27. The lowest BCUT2D eigenvalue weighted by molar-refractivity contribution is -0.139. The van der Waals surface area contributed by atoms with Gasteiger partial charge in [-0.1, -0.05) is 52.2 Å². The summed E-state index contributed by atoms with van der Waals surface area (Å²) in [5, 5.41) is 0.453. The predicted molar refractivity (Wildman–Crippen MR) is 148 cm³/mol. The molecule has 0 unspecified atom stereocenters. The lowest BCUT2D eigenvalue weighted by atomic mass is 9.93. The molecule has 0 N–H and O–H groups in total. The number of fused-ring (bicyclic) bond motifs is 1. The first-order chi connectivity index (χ1) is 17.8. The molecule has 2 aromatic carbocycles. The zero-order valence-corrected chi connectivity index (χ0v) is 24.0. The fourth-order valence-electron chi connectivity index (χ4n) is 4.29. The van der Waals surface area contributed by atoms with E-state index in [-0.39, 0.29) is 12.2 Å². The number of allylic oxidation sites excluding steroid dienone is 1. The molecule has 1 atom stereocenters. The van der Waals surface area contributed by atoms with Crippen molar-refractivity contribution in [1.82, 2.24) is 4.57 Å². The summed E-state index contributed by atoms with van der Waals surface area (Å²) in [5.41, 5.74) is 1.91. The van der Waals surface area contributed by atoms with Gasteiger partial charge in [0.25, 0.3) is 5.56 Å². The van der Waals surface area contributed by atoms with Crippen LogP contribution in [0.4, 0.5) is 0 Å². The maximum atomic E-state index is 13.9. The third kappa shape index (κ3) is 5.39. The summed E-state index contributed by atoms with van der Waals surface area (Å²) in [6, 6.07) is 9.89. The van der Waals surface area contributed by atoms with E-state index in [2.05, 4.69) is 15.9 Å². The van der Waals surface area contributed by atoms with E-state index in [0.717, 1.165) is 16.5 Å². The molecule has 7 nitrogen and oxygen atoms in total. The minimum Gasteiger partial charge on any atom is -0.496 e. The molecule has 0 spiro atoms. The highest BCUT2D eigenvalue weighted by molar-refractivity contribution is 9.10. The number of hydrogen-bond acceptors (Lipinski definition) is 7. The average Bonchev–Trinajstić information content (AvgIpc) is 3.18. The Morgan fingerprint density at radius 3 is 2.57 bits per heavy atom. The zero-order valence-electron chi connectivity index (χ0n) is 20.8. The number of methoxy groups -OCH3 is 2. The summed E-state index contributed by atoms with van der Waals surface area (Å²) in [6.07, 6.45) is 3.07. The normalized spacial score (nSPS) is 15.3. The number of carbonyl (C=O) groups is 1. The quantitative estimate of drug-likeness (QED) is 0.337. The molecular formula is C27H26BrClN2O5S. The number of halogens is 2. The molecule has 0 fully saturated rings. The Bertz CT molecular complexity index is 1560. The Morgan fingerprint density at radius 2 is 1.89 bits per heavy atom. The summed E-state index contributed by atoms with van der Waals surface area (Å²) in [4.78, 5) is 32.5. The van der Waals surface area contributed by atoms with Crippen LogP contribution >= 0.6 is 38.9 Å². The molecule has 37 heavy (non-hydrogen) atoms. The number of benzene rings is 2. The van der Waals surface area contributed by atoms with Crippen LogP contribution in [0.1, 0.15) is 43.9 Å². The molecule has 0 saturated carbocycles. The van der Waals surface area contributed by atoms with Crippen molar-refractivity contribution in [2.45, 2.75) is 32.7 Å². The monoisotopic (exact) mass is 604 g/mol. The van der Waals surface area contributed by atoms with Gasteiger partial charge >= 0.3 is 5.97 Å². The molecule has 194 valence electrons. The molecule has 0 saturated heterocycles. The van der Waals surface area contributed by atoms with Crippen LogP contribution in [0.25, 0.3) is 6.08 Å². The van der Waals surface area contributed by atoms with Crippen LogP contribution in [0.2, 0.25) is 5.02 Å². The molecule has 3 aromatic rings. The smallest absolute Gasteiger partial charge is 0.338 e. The van der Waals surface area contributed by atoms with Gasteiger partial charge < -0.3 is 14.2 Å². The van der Waals surface area contributed by atoms with Crippen molar-refractivity contribution in [3.63, 3.8) is 0 Å². The van der Waals surface area contributed by atoms with E-state index >= 15 is 0 Å². The fraction of sp³-hybridized carbons (Fsp3) is 0.296. The second-order valence-electron chi connectivity index (χ2n) is 8.19. The van der Waals surface area contributed by atoms with E-state index < -0.39 is 12.0 Å². The maximum absolute atomic E-state index is 13.9. The van der Waals surface area contributed by atoms with Crippen molar-refractivity contribution in [2.75, 3.05) is 20.8 Å². The fourth-order valence-corrected chi connectivity index (χ4v) is 5.86. The van der Waals surface area contributed by atoms with Gasteiger partial charge in [-0.25, -0.2) is 9.79 Å². The van der Waals surface area contributed by atoms with Crippen LogP contribution in [0.3, 0.4) is 0 Å². The molecule has 0 amide bonds. The van der Waals surface area contributed by atoms with Gasteiger partial charge in [-0.05, 0) is 55.8 Å². The van der Waals surface area contributed by atoms with E-state index in [0.29, 0.717) is 49.1 Å². The third-order valence-corrected chi connectivity index (χ3v) is 7.57. The van der Waals surface area contributed by atoms with Crippen molar-refractivity contribution in [1.29, 1.82) is 0 Å². The molecule has 1 aliphatic rings. The SMILES string of the molecule is CCCC1=C(C(=O)OCC)[C@@H](c2cc(Cl)ccc2OC)n2c(s/c(=C/c3cc(Br)ccc3OC)c2=O)=N1. The number of carbonyl (C=O) groups excluding carboxylic acids is 1. The molecule has 0 radical (unpaired) electrons. The summed E-state index contributed by atoms with van der Waals surface area (Å²) in [6.45, 7) is 3.94. The van der Waals surface area contributed by atoms with Crippen LogP contribution in [0.5, 0.6) is 11.5 Å². The summed E-state index contributed by atoms with van der Waals surface area (Å²) in [5.74, 6) is 0.600. The Kier molecular flexibility index (Phi) is 8.56. The molecule has 1 aliphatic heterocycles. The van der Waals surface area contributed by atoms with Crippen LogP contribution in [-0.4, -0.2) is 31.4 Å². The number of esters is 1. The van der Waals surface area contributed by atoms with E-state index in [4.69, 9.17) is 30.8 Å². The van der Waals surface area contributed by atoms with Gasteiger partial charge in [0.1, 0.15) is 17.5 Å². The molecule has 0 bridgehead atoms. The van der Waals surface area contributed by atoms with Gasteiger partial charge in [0.05, 0.1) is 36.6 Å². The van der Waals surface area contributed by atoms with Crippen molar-refractivity contribution in [3.05, 3.63) is 88.0 Å². The van der Waals surface area contributed by atoms with E-state index in [1.807, 2.05) is 25.1 Å². The second kappa shape index (κ2) is 11.7. The van der Waals surface area contributed by atoms with Crippen molar-refractivity contribution in [2.24, 2.45) is 4.99 Å². The first-order valence-corrected chi connectivity index (χ1v) is 13.7. The average molecular weight is 606 g/mol. The number of thiazole rings is 1. The number of rotatable bonds is 8. The van der Waals surface area contributed by atoms with Crippen molar-refractivity contribution in [3.8, 4) is 11.5 Å².